The van der Waals surface area contributed by atoms with Crippen LogP contribution in [0.3, 0.4) is 0 Å². The van der Waals surface area contributed by atoms with Crippen LogP contribution < -0.4 is 5.32 Å². The van der Waals surface area contributed by atoms with E-state index in [0.717, 1.165) is 27.6 Å². The molecule has 3 rings (SSSR count). The van der Waals surface area contributed by atoms with Gasteiger partial charge in [0, 0.05) is 6.04 Å². The van der Waals surface area contributed by atoms with E-state index in [4.69, 9.17) is 11.6 Å². The monoisotopic (exact) mass is 296 g/mol. The summed E-state index contributed by atoms with van der Waals surface area (Å²) in [6, 6.07) is 0.495. The maximum Gasteiger partial charge on any atom is 0.225 e. The Morgan fingerprint density at radius 3 is 2.74 bits per heavy atom. The van der Waals surface area contributed by atoms with Gasteiger partial charge in [-0.05, 0) is 30.9 Å². The second-order valence-corrected chi connectivity index (χ2v) is 6.34. The number of aromatic nitrogens is 3. The number of hydrogen-bond donors (Lipinski definition) is 1. The SMILES string of the molecule is CCc1nc2c(NC3CCCCC3)nc(Cl)nc2s1. The Hall–Kier alpha value is -0.940. The fourth-order valence-electron chi connectivity index (χ4n) is 2.53. The number of halogens is 1. The van der Waals surface area contributed by atoms with Crippen LogP contribution in [-0.2, 0) is 6.42 Å². The first-order valence-electron chi connectivity index (χ1n) is 6.85. The largest absolute Gasteiger partial charge is 0.365 e. The molecule has 1 N–H and O–H groups in total. The molecule has 102 valence electrons. The summed E-state index contributed by atoms with van der Waals surface area (Å²) in [5, 5.41) is 4.90. The summed E-state index contributed by atoms with van der Waals surface area (Å²) in [7, 11) is 0. The maximum absolute atomic E-state index is 6.01. The molecule has 0 unspecified atom stereocenters. The second-order valence-electron chi connectivity index (χ2n) is 4.94. The molecule has 2 aromatic rings. The van der Waals surface area contributed by atoms with E-state index in [1.165, 1.54) is 32.1 Å². The lowest BCUT2D eigenvalue weighted by atomic mass is 9.95. The Bertz CT molecular complexity index is 577. The summed E-state index contributed by atoms with van der Waals surface area (Å²) in [6.45, 7) is 2.10. The summed E-state index contributed by atoms with van der Waals surface area (Å²) in [6.07, 6.45) is 7.24. The van der Waals surface area contributed by atoms with Crippen LogP contribution in [0.5, 0.6) is 0 Å². The molecule has 0 spiro atoms. The van der Waals surface area contributed by atoms with Gasteiger partial charge in [-0.3, -0.25) is 0 Å². The third kappa shape index (κ3) is 2.82. The van der Waals surface area contributed by atoms with Crippen LogP contribution in [0.2, 0.25) is 5.28 Å². The van der Waals surface area contributed by atoms with Gasteiger partial charge in [0.05, 0.1) is 5.01 Å². The number of nitrogens with one attached hydrogen (secondary N) is 1. The molecule has 1 aliphatic rings. The number of hydrogen-bond acceptors (Lipinski definition) is 5. The van der Waals surface area contributed by atoms with E-state index in [9.17, 15) is 0 Å². The standard InChI is InChI=1S/C13H17ClN4S/c1-2-9-16-10-11(15-8-6-4-3-5-7-8)17-13(14)18-12(10)19-9/h8H,2-7H2,1H3,(H,15,17,18). The van der Waals surface area contributed by atoms with E-state index in [1.807, 2.05) is 0 Å². The number of thiazole rings is 1. The van der Waals surface area contributed by atoms with Crippen LogP contribution in [-0.4, -0.2) is 21.0 Å². The normalized spacial score (nSPS) is 16.9. The molecule has 2 heterocycles. The number of rotatable bonds is 3. The first-order valence-corrected chi connectivity index (χ1v) is 8.05. The minimum Gasteiger partial charge on any atom is -0.365 e. The van der Waals surface area contributed by atoms with Gasteiger partial charge in [-0.1, -0.05) is 37.5 Å². The molecule has 0 bridgehead atoms. The molecule has 1 fully saturated rings. The van der Waals surface area contributed by atoms with Crippen molar-refractivity contribution in [2.75, 3.05) is 5.32 Å². The zero-order chi connectivity index (χ0) is 13.2. The van der Waals surface area contributed by atoms with Gasteiger partial charge >= 0.3 is 0 Å². The molecule has 0 saturated heterocycles. The van der Waals surface area contributed by atoms with Crippen molar-refractivity contribution in [3.63, 3.8) is 0 Å². The van der Waals surface area contributed by atoms with Gasteiger partial charge in [0.15, 0.2) is 10.6 Å². The average Bonchev–Trinajstić information content (AvgIpc) is 2.83. The summed E-state index contributed by atoms with van der Waals surface area (Å²) < 4.78 is 0. The van der Waals surface area contributed by atoms with E-state index in [1.54, 1.807) is 11.3 Å². The molecule has 0 aliphatic heterocycles. The number of anilines is 1. The molecule has 4 nitrogen and oxygen atoms in total. The lowest BCUT2D eigenvalue weighted by Crippen LogP contribution is -2.23. The topological polar surface area (TPSA) is 50.7 Å². The van der Waals surface area contributed by atoms with Crippen LogP contribution in [0.1, 0.15) is 44.0 Å². The number of nitrogens with zero attached hydrogens (tertiary/aromatic N) is 3. The van der Waals surface area contributed by atoms with E-state index in [2.05, 4.69) is 27.2 Å². The van der Waals surface area contributed by atoms with Crippen LogP contribution in [0, 0.1) is 0 Å². The Labute approximate surface area is 121 Å². The van der Waals surface area contributed by atoms with Crippen molar-refractivity contribution in [2.24, 2.45) is 0 Å². The van der Waals surface area contributed by atoms with Gasteiger partial charge in [0.2, 0.25) is 5.28 Å². The molecular formula is C13H17ClN4S. The molecule has 1 saturated carbocycles. The highest BCUT2D eigenvalue weighted by Crippen LogP contribution is 2.29. The molecule has 0 amide bonds. The predicted molar refractivity (Wildman–Crippen MR) is 80.1 cm³/mol. The minimum absolute atomic E-state index is 0.303. The highest BCUT2D eigenvalue weighted by atomic mass is 35.5. The first kappa shape index (κ1) is 13.1. The molecule has 0 atom stereocenters. The van der Waals surface area contributed by atoms with E-state index in [-0.39, 0.29) is 0 Å². The molecular weight excluding hydrogens is 280 g/mol. The van der Waals surface area contributed by atoms with Crippen molar-refractivity contribution in [2.45, 2.75) is 51.5 Å². The van der Waals surface area contributed by atoms with Gasteiger partial charge < -0.3 is 5.32 Å². The fraction of sp³-hybridized carbons (Fsp3) is 0.615. The quantitative estimate of drug-likeness (QED) is 0.868. The van der Waals surface area contributed by atoms with Crippen LogP contribution in [0.4, 0.5) is 5.82 Å². The van der Waals surface area contributed by atoms with Crippen molar-refractivity contribution in [1.82, 2.24) is 15.0 Å². The van der Waals surface area contributed by atoms with Crippen molar-refractivity contribution in [3.05, 3.63) is 10.3 Å². The van der Waals surface area contributed by atoms with Crippen molar-refractivity contribution < 1.29 is 0 Å². The fourth-order valence-corrected chi connectivity index (χ4v) is 3.63. The van der Waals surface area contributed by atoms with Gasteiger partial charge in [-0.25, -0.2) is 9.97 Å². The summed E-state index contributed by atoms with van der Waals surface area (Å²) in [4.78, 5) is 14.1. The molecule has 6 heteroatoms. The van der Waals surface area contributed by atoms with Crippen LogP contribution >= 0.6 is 22.9 Å². The molecule has 1 aliphatic carbocycles. The Kier molecular flexibility index (Phi) is 3.84. The van der Waals surface area contributed by atoms with Gasteiger partial charge in [0.25, 0.3) is 0 Å². The second kappa shape index (κ2) is 5.59. The van der Waals surface area contributed by atoms with Crippen LogP contribution in [0.15, 0.2) is 0 Å². The number of aryl methyl sites for hydroxylation is 1. The predicted octanol–water partition coefficient (Wildman–Crippen LogP) is 4.05. The Morgan fingerprint density at radius 2 is 2.00 bits per heavy atom. The number of fused-ring (bicyclic) bond motifs is 1. The Balaban J connectivity index is 1.94. The van der Waals surface area contributed by atoms with Crippen molar-refractivity contribution in [3.8, 4) is 0 Å². The zero-order valence-corrected chi connectivity index (χ0v) is 12.5. The summed E-state index contributed by atoms with van der Waals surface area (Å²) in [5.74, 6) is 0.804. The van der Waals surface area contributed by atoms with Crippen LogP contribution in [0.25, 0.3) is 10.3 Å². The zero-order valence-electron chi connectivity index (χ0n) is 10.9. The van der Waals surface area contributed by atoms with Gasteiger partial charge in [0.1, 0.15) is 5.52 Å². The highest BCUT2D eigenvalue weighted by molar-refractivity contribution is 7.18. The summed E-state index contributed by atoms with van der Waals surface area (Å²) >= 11 is 7.61. The highest BCUT2D eigenvalue weighted by Gasteiger charge is 2.17. The lowest BCUT2D eigenvalue weighted by molar-refractivity contribution is 0.462. The summed E-state index contributed by atoms with van der Waals surface area (Å²) in [5.41, 5.74) is 0.872. The third-order valence-corrected chi connectivity index (χ3v) is 4.79. The van der Waals surface area contributed by atoms with Crippen molar-refractivity contribution >= 4 is 39.1 Å². The van der Waals surface area contributed by atoms with Crippen molar-refractivity contribution in [1.29, 1.82) is 0 Å². The Morgan fingerprint density at radius 1 is 1.21 bits per heavy atom. The first-order chi connectivity index (χ1) is 9.26. The average molecular weight is 297 g/mol. The lowest BCUT2D eigenvalue weighted by Gasteiger charge is -2.23. The maximum atomic E-state index is 6.01. The van der Waals surface area contributed by atoms with E-state index >= 15 is 0 Å². The minimum atomic E-state index is 0.303. The molecule has 0 radical (unpaired) electrons. The molecule has 19 heavy (non-hydrogen) atoms. The third-order valence-electron chi connectivity index (χ3n) is 3.52. The van der Waals surface area contributed by atoms with E-state index < -0.39 is 0 Å². The van der Waals surface area contributed by atoms with Gasteiger partial charge in [-0.15, -0.1) is 0 Å². The smallest absolute Gasteiger partial charge is 0.225 e. The van der Waals surface area contributed by atoms with E-state index in [0.29, 0.717) is 11.3 Å². The molecule has 0 aromatic carbocycles. The molecule has 2 aromatic heterocycles. The van der Waals surface area contributed by atoms with Gasteiger partial charge in [-0.2, -0.15) is 4.98 Å².